The highest BCUT2D eigenvalue weighted by Crippen LogP contribution is 2.46. The van der Waals surface area contributed by atoms with E-state index in [9.17, 15) is 14.4 Å². The predicted molar refractivity (Wildman–Crippen MR) is 147 cm³/mol. The smallest absolute Gasteiger partial charge is 0.226 e. The number of pyridine rings is 1. The summed E-state index contributed by atoms with van der Waals surface area (Å²) < 4.78 is 11.4. The summed E-state index contributed by atoms with van der Waals surface area (Å²) in [4.78, 5) is 45.2. The van der Waals surface area contributed by atoms with E-state index < -0.39 is 5.92 Å². The van der Waals surface area contributed by atoms with Gasteiger partial charge in [-0.3, -0.25) is 19.4 Å². The Morgan fingerprint density at radius 1 is 1.05 bits per heavy atom. The van der Waals surface area contributed by atoms with Gasteiger partial charge in [0, 0.05) is 51.9 Å². The molecule has 2 aliphatic heterocycles. The van der Waals surface area contributed by atoms with Gasteiger partial charge in [-0.05, 0) is 68.7 Å². The lowest BCUT2D eigenvalue weighted by atomic mass is 9.65. The first-order chi connectivity index (χ1) is 18.9. The zero-order chi connectivity index (χ0) is 27.7. The molecule has 2 N–H and O–H groups in total. The van der Waals surface area contributed by atoms with Crippen LogP contribution in [0, 0.1) is 17.3 Å². The molecule has 1 aromatic heterocycles. The lowest BCUT2D eigenvalue weighted by Crippen LogP contribution is -2.44. The average Bonchev–Trinajstić information content (AvgIpc) is 3.27. The topological polar surface area (TPSA) is 113 Å². The van der Waals surface area contributed by atoms with Gasteiger partial charge >= 0.3 is 0 Å². The molecule has 10 nitrogen and oxygen atoms in total. The molecule has 2 atom stereocenters. The second kappa shape index (κ2) is 14.2. The minimum absolute atomic E-state index is 0.0357. The van der Waals surface area contributed by atoms with Crippen LogP contribution < -0.4 is 10.6 Å². The number of carbonyl (C=O) groups is 3. The highest BCUT2D eigenvalue weighted by molar-refractivity contribution is 5.90. The number of piperidine rings is 1. The summed E-state index contributed by atoms with van der Waals surface area (Å²) >= 11 is 0. The van der Waals surface area contributed by atoms with Crippen molar-refractivity contribution in [3.8, 4) is 0 Å². The van der Waals surface area contributed by atoms with Crippen molar-refractivity contribution in [1.29, 1.82) is 0 Å². The van der Waals surface area contributed by atoms with E-state index in [-0.39, 0.29) is 36.1 Å². The molecule has 3 heterocycles. The van der Waals surface area contributed by atoms with Crippen molar-refractivity contribution in [3.63, 3.8) is 0 Å². The molecule has 216 valence electrons. The molecule has 1 spiro atoms. The molecule has 10 heteroatoms. The van der Waals surface area contributed by atoms with Crippen LogP contribution >= 0.6 is 0 Å². The third-order valence-electron chi connectivity index (χ3n) is 9.00. The number of carbonyl (C=O) groups excluding carboxylic acids is 3. The summed E-state index contributed by atoms with van der Waals surface area (Å²) in [6.07, 6.45) is 10.4. The Bertz CT molecular complexity index is 943. The van der Waals surface area contributed by atoms with E-state index in [1.807, 2.05) is 12.1 Å². The minimum Gasteiger partial charge on any atom is -0.378 e. The molecule has 1 saturated carbocycles. The van der Waals surface area contributed by atoms with E-state index >= 15 is 0 Å². The number of ether oxygens (including phenoxy) is 2. The summed E-state index contributed by atoms with van der Waals surface area (Å²) in [7, 11) is 3.47. The summed E-state index contributed by atoms with van der Waals surface area (Å²) in [5.74, 6) is -0.193. The van der Waals surface area contributed by atoms with Gasteiger partial charge < -0.3 is 29.9 Å². The predicted octanol–water partition coefficient (Wildman–Crippen LogP) is 1.77. The first kappa shape index (κ1) is 29.4. The van der Waals surface area contributed by atoms with Crippen LogP contribution in [0.4, 0.5) is 0 Å². The van der Waals surface area contributed by atoms with Crippen LogP contribution in [-0.4, -0.2) is 99.2 Å². The second-order valence-electron chi connectivity index (χ2n) is 11.3. The summed E-state index contributed by atoms with van der Waals surface area (Å²) in [6, 6.07) is 3.43. The van der Waals surface area contributed by atoms with Crippen molar-refractivity contribution in [3.05, 3.63) is 30.1 Å². The molecule has 3 fully saturated rings. The van der Waals surface area contributed by atoms with Crippen LogP contribution in [0.15, 0.2) is 24.5 Å². The Hall–Kier alpha value is -2.56. The zero-order valence-corrected chi connectivity index (χ0v) is 23.5. The second-order valence-corrected chi connectivity index (χ2v) is 11.3. The molecule has 4 rings (SSSR count). The molecular formula is C29H45N5O5. The Morgan fingerprint density at radius 3 is 2.44 bits per heavy atom. The van der Waals surface area contributed by atoms with Crippen molar-refractivity contribution in [2.75, 3.05) is 66.7 Å². The monoisotopic (exact) mass is 543 g/mol. The van der Waals surface area contributed by atoms with Crippen molar-refractivity contribution >= 4 is 17.7 Å². The molecule has 0 bridgehead atoms. The number of amides is 3. The normalized spacial score (nSPS) is 23.7. The van der Waals surface area contributed by atoms with Gasteiger partial charge in [-0.2, -0.15) is 0 Å². The van der Waals surface area contributed by atoms with Crippen LogP contribution in [0.1, 0.15) is 56.6 Å². The van der Waals surface area contributed by atoms with Gasteiger partial charge in [0.15, 0.2) is 0 Å². The van der Waals surface area contributed by atoms with Gasteiger partial charge in [0.05, 0.1) is 38.4 Å². The average molecular weight is 544 g/mol. The van der Waals surface area contributed by atoms with Crippen LogP contribution in [0.3, 0.4) is 0 Å². The first-order valence-electron chi connectivity index (χ1n) is 14.5. The van der Waals surface area contributed by atoms with E-state index in [4.69, 9.17) is 9.47 Å². The van der Waals surface area contributed by atoms with Crippen LogP contribution in [0.2, 0.25) is 0 Å². The quantitative estimate of drug-likeness (QED) is 0.387. The number of nitrogens with zero attached hydrogens (tertiary/aromatic N) is 3. The van der Waals surface area contributed by atoms with Gasteiger partial charge in [0.1, 0.15) is 0 Å². The SMILES string of the molecule is CNC(=O)C1CCC2(CC1)CCN(CCOCCOCCNC(=O)[C@H]1CC(=O)N(C)[C@@H]1c1cccnc1)CC2. The van der Waals surface area contributed by atoms with Gasteiger partial charge in [-0.1, -0.05) is 6.07 Å². The summed E-state index contributed by atoms with van der Waals surface area (Å²) in [5.41, 5.74) is 1.31. The number of nitrogens with one attached hydrogen (secondary N) is 2. The molecule has 1 aromatic rings. The molecule has 3 aliphatic rings. The number of aromatic nitrogens is 1. The van der Waals surface area contributed by atoms with E-state index in [2.05, 4.69) is 20.5 Å². The number of likely N-dealkylation sites (tertiary alicyclic amines) is 2. The van der Waals surface area contributed by atoms with Crippen LogP contribution in [0.25, 0.3) is 0 Å². The standard InChI is InChI=1S/C29H45N5O5/c1-30-27(36)22-5-7-29(8-6-22)9-13-34(14-10-29)15-17-39-19-18-38-16-12-32-28(37)24-20-25(35)33(2)26(24)23-4-3-11-31-21-23/h3-4,11,21-22,24,26H,5-10,12-20H2,1-2H3,(H,30,36)(H,32,37)/t24-,26+/m0/s1. The third kappa shape index (κ3) is 7.77. The maximum absolute atomic E-state index is 12.8. The van der Waals surface area contributed by atoms with Crippen molar-refractivity contribution in [1.82, 2.24) is 25.4 Å². The molecule has 0 aromatic carbocycles. The zero-order valence-electron chi connectivity index (χ0n) is 23.5. The lowest BCUT2D eigenvalue weighted by molar-refractivity contribution is -0.128. The third-order valence-corrected chi connectivity index (χ3v) is 9.00. The lowest BCUT2D eigenvalue weighted by Gasteiger charge is -2.45. The van der Waals surface area contributed by atoms with E-state index in [0.29, 0.717) is 38.4 Å². The van der Waals surface area contributed by atoms with Crippen molar-refractivity contribution in [2.24, 2.45) is 17.3 Å². The number of hydrogen-bond donors (Lipinski definition) is 2. The maximum atomic E-state index is 12.8. The fraction of sp³-hybridized carbons (Fsp3) is 0.724. The largest absolute Gasteiger partial charge is 0.378 e. The van der Waals surface area contributed by atoms with Crippen molar-refractivity contribution < 1.29 is 23.9 Å². The van der Waals surface area contributed by atoms with E-state index in [1.54, 1.807) is 31.4 Å². The molecule has 3 amide bonds. The molecule has 1 aliphatic carbocycles. The molecule has 0 unspecified atom stereocenters. The van der Waals surface area contributed by atoms with Gasteiger partial charge in [0.25, 0.3) is 0 Å². The highest BCUT2D eigenvalue weighted by Gasteiger charge is 2.43. The fourth-order valence-corrected chi connectivity index (χ4v) is 6.45. The van der Waals surface area contributed by atoms with E-state index in [0.717, 1.165) is 38.0 Å². The Balaban J connectivity index is 1.02. The number of hydrogen-bond acceptors (Lipinski definition) is 7. The van der Waals surface area contributed by atoms with Gasteiger partial charge in [0.2, 0.25) is 17.7 Å². The molecule has 0 radical (unpaired) electrons. The molecular weight excluding hydrogens is 498 g/mol. The van der Waals surface area contributed by atoms with E-state index in [1.165, 1.54) is 25.7 Å². The van der Waals surface area contributed by atoms with Gasteiger partial charge in [-0.25, -0.2) is 0 Å². The Morgan fingerprint density at radius 2 is 1.77 bits per heavy atom. The fourth-order valence-electron chi connectivity index (χ4n) is 6.45. The van der Waals surface area contributed by atoms with Crippen LogP contribution in [-0.2, 0) is 23.9 Å². The summed E-state index contributed by atoms with van der Waals surface area (Å²) in [6.45, 7) is 5.63. The Kier molecular flexibility index (Phi) is 10.7. The van der Waals surface area contributed by atoms with Crippen LogP contribution in [0.5, 0.6) is 0 Å². The molecule has 2 saturated heterocycles. The maximum Gasteiger partial charge on any atom is 0.226 e. The van der Waals surface area contributed by atoms with Crippen molar-refractivity contribution in [2.45, 2.75) is 51.0 Å². The highest BCUT2D eigenvalue weighted by atomic mass is 16.5. The summed E-state index contributed by atoms with van der Waals surface area (Å²) in [5, 5.41) is 5.72. The van der Waals surface area contributed by atoms with Gasteiger partial charge in [-0.15, -0.1) is 0 Å². The first-order valence-corrected chi connectivity index (χ1v) is 14.5. The number of rotatable bonds is 12. The minimum atomic E-state index is -0.433. The Labute approximate surface area is 232 Å². The molecule has 39 heavy (non-hydrogen) atoms.